The molecule has 4 rings (SSSR count). The number of nitrogens with zero attached hydrogens (tertiary/aromatic N) is 5. The first-order valence-corrected chi connectivity index (χ1v) is 8.44. The number of carbonyl (C=O) groups excluding carboxylic acids is 1. The molecule has 1 saturated carbocycles. The molecule has 0 bridgehead atoms. The lowest BCUT2D eigenvalue weighted by Crippen LogP contribution is -2.31. The molecule has 2 aromatic heterocycles. The van der Waals surface area contributed by atoms with E-state index in [9.17, 15) is 4.79 Å². The van der Waals surface area contributed by atoms with Crippen molar-refractivity contribution in [3.8, 4) is 0 Å². The maximum absolute atomic E-state index is 12.8. The number of carbonyl (C=O) groups is 1. The fourth-order valence-corrected chi connectivity index (χ4v) is 3.29. The Hall–Kier alpha value is -2.18. The predicted molar refractivity (Wildman–Crippen MR) is 81.8 cm³/mol. The van der Waals surface area contributed by atoms with E-state index in [0.29, 0.717) is 29.7 Å². The van der Waals surface area contributed by atoms with Gasteiger partial charge in [-0.3, -0.25) is 9.48 Å². The Morgan fingerprint density at radius 2 is 2.22 bits per heavy atom. The second kappa shape index (κ2) is 5.79. The average Bonchev–Trinajstić information content (AvgIpc) is 3.24. The van der Waals surface area contributed by atoms with Crippen LogP contribution in [0.25, 0.3) is 0 Å². The molecule has 1 amide bonds. The molecule has 0 radical (unpaired) electrons. The Morgan fingerprint density at radius 3 is 2.91 bits per heavy atom. The van der Waals surface area contributed by atoms with Crippen LogP contribution in [0.1, 0.15) is 73.2 Å². The number of hydrogen-bond donors (Lipinski definition) is 0. The van der Waals surface area contributed by atoms with Gasteiger partial charge >= 0.3 is 0 Å². The molecule has 122 valence electrons. The molecule has 7 nitrogen and oxygen atoms in total. The molecule has 0 N–H and O–H groups in total. The van der Waals surface area contributed by atoms with Crippen LogP contribution in [0.3, 0.4) is 0 Å². The lowest BCUT2D eigenvalue weighted by Gasteiger charge is -2.25. The zero-order valence-corrected chi connectivity index (χ0v) is 13.3. The van der Waals surface area contributed by atoms with Crippen molar-refractivity contribution in [2.45, 2.75) is 57.5 Å². The first kappa shape index (κ1) is 14.4. The predicted octanol–water partition coefficient (Wildman–Crippen LogP) is 2.53. The highest BCUT2D eigenvalue weighted by Crippen LogP contribution is 2.33. The summed E-state index contributed by atoms with van der Waals surface area (Å²) in [5.41, 5.74) is 0.656. The highest BCUT2D eigenvalue weighted by Gasteiger charge is 2.34. The maximum Gasteiger partial charge on any atom is 0.257 e. The lowest BCUT2D eigenvalue weighted by atomic mass is 9.93. The van der Waals surface area contributed by atoms with Gasteiger partial charge in [-0.15, -0.1) is 0 Å². The van der Waals surface area contributed by atoms with Crippen LogP contribution in [0, 0.1) is 0 Å². The van der Waals surface area contributed by atoms with Crippen molar-refractivity contribution < 1.29 is 9.32 Å². The van der Waals surface area contributed by atoms with E-state index in [-0.39, 0.29) is 11.9 Å². The van der Waals surface area contributed by atoms with Crippen LogP contribution in [0.4, 0.5) is 0 Å². The Balaban J connectivity index is 1.53. The number of aryl methyl sites for hydroxylation is 1. The Kier molecular flexibility index (Phi) is 3.63. The van der Waals surface area contributed by atoms with Crippen LogP contribution in [0.15, 0.2) is 16.9 Å². The molecular formula is C16H21N5O2. The van der Waals surface area contributed by atoms with E-state index in [1.807, 2.05) is 22.7 Å². The second-order valence-electron chi connectivity index (χ2n) is 6.35. The minimum absolute atomic E-state index is 0.0147. The van der Waals surface area contributed by atoms with Gasteiger partial charge in [-0.1, -0.05) is 12.1 Å². The minimum Gasteiger partial charge on any atom is -0.339 e. The summed E-state index contributed by atoms with van der Waals surface area (Å²) in [6.45, 7) is 2.71. The minimum atomic E-state index is -0.0846. The third-order valence-corrected chi connectivity index (χ3v) is 4.90. The van der Waals surface area contributed by atoms with E-state index < -0.39 is 0 Å². The molecule has 1 aliphatic heterocycles. The topological polar surface area (TPSA) is 77.1 Å². The van der Waals surface area contributed by atoms with Gasteiger partial charge in [0.2, 0.25) is 5.89 Å². The lowest BCUT2D eigenvalue weighted by molar-refractivity contribution is 0.0728. The van der Waals surface area contributed by atoms with Gasteiger partial charge in [0.1, 0.15) is 0 Å². The summed E-state index contributed by atoms with van der Waals surface area (Å²) in [6.07, 6.45) is 9.68. The normalized spacial score (nSPS) is 21.6. The highest BCUT2D eigenvalue weighted by atomic mass is 16.5. The average molecular weight is 315 g/mol. The van der Waals surface area contributed by atoms with Crippen molar-refractivity contribution in [1.29, 1.82) is 0 Å². The van der Waals surface area contributed by atoms with Crippen molar-refractivity contribution in [3.63, 3.8) is 0 Å². The zero-order valence-electron chi connectivity index (χ0n) is 13.3. The van der Waals surface area contributed by atoms with Crippen molar-refractivity contribution in [2.24, 2.45) is 0 Å². The van der Waals surface area contributed by atoms with E-state index in [4.69, 9.17) is 4.52 Å². The molecule has 2 fully saturated rings. The molecule has 0 spiro atoms. The molecule has 7 heteroatoms. The van der Waals surface area contributed by atoms with Crippen LogP contribution in [-0.2, 0) is 6.42 Å². The SMILES string of the molecule is CCc1nc(C2CCCN2C(=O)c2cnn(C3CCC3)c2)no1. The molecule has 23 heavy (non-hydrogen) atoms. The molecule has 2 aromatic rings. The van der Waals surface area contributed by atoms with Crippen molar-refractivity contribution >= 4 is 5.91 Å². The van der Waals surface area contributed by atoms with Gasteiger partial charge < -0.3 is 9.42 Å². The third kappa shape index (κ3) is 2.54. The van der Waals surface area contributed by atoms with Gasteiger partial charge in [0.25, 0.3) is 5.91 Å². The summed E-state index contributed by atoms with van der Waals surface area (Å²) in [5.74, 6) is 1.26. The first-order chi connectivity index (χ1) is 11.3. The smallest absolute Gasteiger partial charge is 0.257 e. The number of aromatic nitrogens is 4. The molecule has 1 aliphatic carbocycles. The van der Waals surface area contributed by atoms with Crippen molar-refractivity contribution in [3.05, 3.63) is 29.7 Å². The largest absolute Gasteiger partial charge is 0.339 e. The van der Waals surface area contributed by atoms with Gasteiger partial charge in [-0.25, -0.2) is 0 Å². The van der Waals surface area contributed by atoms with Gasteiger partial charge in [0.15, 0.2) is 5.82 Å². The maximum atomic E-state index is 12.8. The highest BCUT2D eigenvalue weighted by molar-refractivity contribution is 5.94. The van der Waals surface area contributed by atoms with Crippen LogP contribution in [0.2, 0.25) is 0 Å². The van der Waals surface area contributed by atoms with Crippen LogP contribution >= 0.6 is 0 Å². The van der Waals surface area contributed by atoms with E-state index in [1.54, 1.807) is 6.20 Å². The standard InChI is InChI=1S/C16H21N5O2/c1-2-14-18-15(19-23-14)13-7-4-8-20(13)16(22)11-9-17-21(10-11)12-5-3-6-12/h9-10,12-13H,2-8H2,1H3. The Bertz CT molecular complexity index is 703. The van der Waals surface area contributed by atoms with Gasteiger partial charge in [-0.05, 0) is 32.1 Å². The third-order valence-electron chi connectivity index (χ3n) is 4.90. The summed E-state index contributed by atoms with van der Waals surface area (Å²) >= 11 is 0. The number of amides is 1. The summed E-state index contributed by atoms with van der Waals surface area (Å²) in [4.78, 5) is 19.1. The summed E-state index contributed by atoms with van der Waals surface area (Å²) in [5, 5.41) is 8.42. The molecule has 1 atom stereocenters. The van der Waals surface area contributed by atoms with Crippen LogP contribution < -0.4 is 0 Å². The van der Waals surface area contributed by atoms with Gasteiger partial charge in [0, 0.05) is 19.2 Å². The van der Waals surface area contributed by atoms with Gasteiger partial charge in [-0.2, -0.15) is 10.1 Å². The van der Waals surface area contributed by atoms with Crippen molar-refractivity contribution in [1.82, 2.24) is 24.8 Å². The van der Waals surface area contributed by atoms with E-state index in [1.165, 1.54) is 6.42 Å². The fraction of sp³-hybridized carbons (Fsp3) is 0.625. The Morgan fingerprint density at radius 1 is 1.35 bits per heavy atom. The summed E-state index contributed by atoms with van der Waals surface area (Å²) in [6, 6.07) is 0.383. The summed E-state index contributed by atoms with van der Waals surface area (Å²) in [7, 11) is 0. The second-order valence-corrected chi connectivity index (χ2v) is 6.35. The molecule has 1 saturated heterocycles. The zero-order chi connectivity index (χ0) is 15.8. The summed E-state index contributed by atoms with van der Waals surface area (Å²) < 4.78 is 7.14. The monoisotopic (exact) mass is 315 g/mol. The molecule has 3 heterocycles. The van der Waals surface area contributed by atoms with Crippen LogP contribution in [0.5, 0.6) is 0 Å². The van der Waals surface area contributed by atoms with Crippen molar-refractivity contribution in [2.75, 3.05) is 6.54 Å². The first-order valence-electron chi connectivity index (χ1n) is 8.44. The van der Waals surface area contributed by atoms with E-state index in [2.05, 4.69) is 15.2 Å². The molecule has 1 unspecified atom stereocenters. The fourth-order valence-electron chi connectivity index (χ4n) is 3.29. The number of hydrogen-bond acceptors (Lipinski definition) is 5. The number of likely N-dealkylation sites (tertiary alicyclic amines) is 1. The van der Waals surface area contributed by atoms with Crippen LogP contribution in [-0.4, -0.2) is 37.3 Å². The molecule has 2 aliphatic rings. The van der Waals surface area contributed by atoms with E-state index >= 15 is 0 Å². The number of rotatable bonds is 4. The quantitative estimate of drug-likeness (QED) is 0.866. The molecular weight excluding hydrogens is 294 g/mol. The molecule has 0 aromatic carbocycles. The Labute approximate surface area is 134 Å². The van der Waals surface area contributed by atoms with E-state index in [0.717, 1.165) is 32.2 Å². The van der Waals surface area contributed by atoms with Gasteiger partial charge in [0.05, 0.1) is 23.8 Å².